The van der Waals surface area contributed by atoms with E-state index in [1.54, 1.807) is 36.4 Å². The fourth-order valence-electron chi connectivity index (χ4n) is 1.77. The van der Waals surface area contributed by atoms with Gasteiger partial charge in [-0.1, -0.05) is 34.6 Å². The first kappa shape index (κ1) is 18.7. The molecule has 0 heterocycles. The molecule has 134 valence electrons. The zero-order chi connectivity index (χ0) is 18.8. The maximum Gasteiger partial charge on any atom is 0.335 e. The number of carbonyl (C=O) groups excluding carboxylic acids is 2. The largest absolute Gasteiger partial charge is 0.507 e. The molecule has 8 nitrogen and oxygen atoms in total. The summed E-state index contributed by atoms with van der Waals surface area (Å²) in [7, 11) is 0. The van der Waals surface area contributed by atoms with E-state index in [4.69, 9.17) is 0 Å². The number of oxime groups is 2. The fourth-order valence-corrected chi connectivity index (χ4v) is 1.77. The Balaban J connectivity index is 1.71. The molecule has 0 bridgehead atoms. The van der Waals surface area contributed by atoms with Gasteiger partial charge in [-0.25, -0.2) is 9.59 Å². The van der Waals surface area contributed by atoms with Gasteiger partial charge in [-0.05, 0) is 24.3 Å². The summed E-state index contributed by atoms with van der Waals surface area (Å²) in [6, 6.07) is 12.8. The highest BCUT2D eigenvalue weighted by Gasteiger charge is 2.09. The number of aromatic hydroxyl groups is 2. The molecular formula is C18H16N2O6. The van der Waals surface area contributed by atoms with Gasteiger partial charge in [-0.15, -0.1) is 0 Å². The summed E-state index contributed by atoms with van der Waals surface area (Å²) < 4.78 is 0. The Labute approximate surface area is 149 Å². The van der Waals surface area contributed by atoms with E-state index in [0.29, 0.717) is 11.1 Å². The zero-order valence-electron chi connectivity index (χ0n) is 13.6. The van der Waals surface area contributed by atoms with Gasteiger partial charge in [0.05, 0.1) is 25.3 Å². The van der Waals surface area contributed by atoms with Gasteiger partial charge in [0.25, 0.3) is 0 Å². The van der Waals surface area contributed by atoms with E-state index in [1.165, 1.54) is 24.6 Å². The van der Waals surface area contributed by atoms with E-state index in [9.17, 15) is 19.8 Å². The molecule has 0 aromatic heterocycles. The molecular weight excluding hydrogens is 340 g/mol. The Kier molecular flexibility index (Phi) is 6.87. The van der Waals surface area contributed by atoms with Crippen LogP contribution in [0.4, 0.5) is 0 Å². The van der Waals surface area contributed by atoms with Crippen molar-refractivity contribution in [3.8, 4) is 11.5 Å². The smallest absolute Gasteiger partial charge is 0.335 e. The van der Waals surface area contributed by atoms with Crippen molar-refractivity contribution in [3.63, 3.8) is 0 Å². The van der Waals surface area contributed by atoms with E-state index in [1.807, 2.05) is 0 Å². The lowest BCUT2D eigenvalue weighted by molar-refractivity contribution is -0.150. The average molecular weight is 356 g/mol. The maximum atomic E-state index is 11.5. The number of phenolic OH excluding ortho intramolecular Hbond substituents is 2. The molecule has 0 saturated carbocycles. The van der Waals surface area contributed by atoms with Gasteiger partial charge in [0, 0.05) is 11.1 Å². The Hall–Kier alpha value is -3.68. The zero-order valence-corrected chi connectivity index (χ0v) is 13.6. The molecule has 26 heavy (non-hydrogen) atoms. The number of rotatable bonds is 7. The summed E-state index contributed by atoms with van der Waals surface area (Å²) in [6.45, 7) is 0. The van der Waals surface area contributed by atoms with Gasteiger partial charge in [0.1, 0.15) is 11.5 Å². The summed E-state index contributed by atoms with van der Waals surface area (Å²) in [4.78, 5) is 32.1. The predicted molar refractivity (Wildman–Crippen MR) is 92.8 cm³/mol. The highest BCUT2D eigenvalue weighted by Crippen LogP contribution is 2.13. The van der Waals surface area contributed by atoms with Crippen LogP contribution in [0.1, 0.15) is 24.0 Å². The minimum atomic E-state index is -0.738. The van der Waals surface area contributed by atoms with Crippen LogP contribution in [0.3, 0.4) is 0 Å². The summed E-state index contributed by atoms with van der Waals surface area (Å²) >= 11 is 0. The van der Waals surface area contributed by atoms with E-state index in [0.717, 1.165) is 0 Å². The monoisotopic (exact) mass is 356 g/mol. The Morgan fingerprint density at radius 1 is 0.769 bits per heavy atom. The molecule has 2 aromatic rings. The van der Waals surface area contributed by atoms with Crippen molar-refractivity contribution >= 4 is 24.4 Å². The molecule has 0 saturated heterocycles. The molecule has 0 fully saturated rings. The molecule has 2 aromatic carbocycles. The number of hydrogen-bond acceptors (Lipinski definition) is 8. The molecule has 8 heteroatoms. The van der Waals surface area contributed by atoms with Crippen LogP contribution in [-0.2, 0) is 19.3 Å². The fraction of sp³-hybridized carbons (Fsp3) is 0.111. The second kappa shape index (κ2) is 9.58. The van der Waals surface area contributed by atoms with Gasteiger partial charge in [-0.3, -0.25) is 0 Å². The maximum absolute atomic E-state index is 11.5. The minimum absolute atomic E-state index is 0.00167. The average Bonchev–Trinajstić information content (AvgIpc) is 2.63. The second-order valence-electron chi connectivity index (χ2n) is 5.01. The van der Waals surface area contributed by atoms with Crippen LogP contribution >= 0.6 is 0 Å². The summed E-state index contributed by atoms with van der Waals surface area (Å²) in [5, 5.41) is 25.9. The molecule has 2 N–H and O–H groups in total. The molecule has 0 unspecified atom stereocenters. The third-order valence-corrected chi connectivity index (χ3v) is 3.10. The van der Waals surface area contributed by atoms with Crippen molar-refractivity contribution in [1.82, 2.24) is 0 Å². The second-order valence-corrected chi connectivity index (χ2v) is 5.01. The normalized spacial score (nSPS) is 10.9. The molecule has 0 aliphatic rings. The topological polar surface area (TPSA) is 118 Å². The molecule has 0 spiro atoms. The van der Waals surface area contributed by atoms with E-state index >= 15 is 0 Å². The first-order chi connectivity index (χ1) is 12.6. The summed E-state index contributed by atoms with van der Waals surface area (Å²) in [5.41, 5.74) is 0.774. The van der Waals surface area contributed by atoms with E-state index in [-0.39, 0.29) is 24.3 Å². The molecule has 0 radical (unpaired) electrons. The van der Waals surface area contributed by atoms with Gasteiger partial charge in [0.2, 0.25) is 0 Å². The first-order valence-corrected chi connectivity index (χ1v) is 7.58. The van der Waals surface area contributed by atoms with Crippen LogP contribution in [0.15, 0.2) is 58.8 Å². The van der Waals surface area contributed by atoms with Gasteiger partial charge < -0.3 is 19.9 Å². The SMILES string of the molecule is O=C(CCC(=O)O/N=C/c1ccccc1O)O/N=C/c1ccccc1O. The van der Waals surface area contributed by atoms with Crippen LogP contribution < -0.4 is 0 Å². The highest BCUT2D eigenvalue weighted by atomic mass is 16.7. The Morgan fingerprint density at radius 3 is 1.54 bits per heavy atom. The van der Waals surface area contributed by atoms with Crippen LogP contribution in [0.25, 0.3) is 0 Å². The van der Waals surface area contributed by atoms with Crippen LogP contribution in [0, 0.1) is 0 Å². The lowest BCUT2D eigenvalue weighted by atomic mass is 10.2. The van der Waals surface area contributed by atoms with Crippen LogP contribution in [-0.4, -0.2) is 34.6 Å². The number of phenols is 2. The number of hydrogen-bond donors (Lipinski definition) is 2. The van der Waals surface area contributed by atoms with E-state index < -0.39 is 11.9 Å². The minimum Gasteiger partial charge on any atom is -0.507 e. The quantitative estimate of drug-likeness (QED) is 0.447. The number of para-hydroxylation sites is 2. The molecule has 0 amide bonds. The number of carbonyl (C=O) groups is 2. The molecule has 0 atom stereocenters. The van der Waals surface area contributed by atoms with Crippen molar-refractivity contribution in [3.05, 3.63) is 59.7 Å². The van der Waals surface area contributed by atoms with Crippen molar-refractivity contribution in [2.75, 3.05) is 0 Å². The third-order valence-electron chi connectivity index (χ3n) is 3.10. The van der Waals surface area contributed by atoms with Crippen molar-refractivity contribution in [2.24, 2.45) is 10.3 Å². The van der Waals surface area contributed by atoms with Crippen molar-refractivity contribution in [1.29, 1.82) is 0 Å². The number of nitrogens with zero attached hydrogens (tertiary/aromatic N) is 2. The third kappa shape index (κ3) is 6.08. The van der Waals surface area contributed by atoms with Gasteiger partial charge in [0.15, 0.2) is 0 Å². The van der Waals surface area contributed by atoms with Gasteiger partial charge >= 0.3 is 11.9 Å². The molecule has 0 aliphatic carbocycles. The summed E-state index contributed by atoms with van der Waals surface area (Å²) in [6.07, 6.45) is 1.87. The standard InChI is InChI=1S/C18H16N2O6/c21-15-7-3-1-5-13(15)11-19-25-17(23)9-10-18(24)26-20-12-14-6-2-4-8-16(14)22/h1-8,11-12,21-22H,9-10H2/b19-11+,20-12+. The molecule has 2 rings (SSSR count). The Bertz CT molecular complexity index is 762. The van der Waals surface area contributed by atoms with Crippen molar-refractivity contribution in [2.45, 2.75) is 12.8 Å². The lowest BCUT2D eigenvalue weighted by Gasteiger charge is -1.99. The number of benzene rings is 2. The predicted octanol–water partition coefficient (Wildman–Crippen LogP) is 2.33. The molecule has 0 aliphatic heterocycles. The Morgan fingerprint density at radius 2 is 1.15 bits per heavy atom. The van der Waals surface area contributed by atoms with Gasteiger partial charge in [-0.2, -0.15) is 0 Å². The van der Waals surface area contributed by atoms with Crippen LogP contribution in [0.5, 0.6) is 11.5 Å². The summed E-state index contributed by atoms with van der Waals surface area (Å²) in [5.74, 6) is -1.48. The first-order valence-electron chi connectivity index (χ1n) is 7.58. The lowest BCUT2D eigenvalue weighted by Crippen LogP contribution is -2.06. The highest BCUT2D eigenvalue weighted by molar-refractivity contribution is 5.85. The van der Waals surface area contributed by atoms with Crippen molar-refractivity contribution < 1.29 is 29.5 Å². The van der Waals surface area contributed by atoms with Crippen LogP contribution in [0.2, 0.25) is 0 Å². The van der Waals surface area contributed by atoms with E-state index in [2.05, 4.69) is 20.0 Å².